The van der Waals surface area contributed by atoms with E-state index in [4.69, 9.17) is 0 Å². The van der Waals surface area contributed by atoms with Crippen molar-refractivity contribution in [3.8, 4) is 0 Å². The summed E-state index contributed by atoms with van der Waals surface area (Å²) in [6.07, 6.45) is 3.24. The molecular weight excluding hydrogens is 243 g/mol. The number of urea groups is 1. The summed E-state index contributed by atoms with van der Waals surface area (Å²) in [6.45, 7) is 4.07. The van der Waals surface area contributed by atoms with Crippen LogP contribution >= 0.6 is 0 Å². The molecule has 2 aliphatic rings. The maximum Gasteiger partial charge on any atom is 0.320 e. The maximum atomic E-state index is 13.2. The molecule has 1 aromatic carbocycles. The summed E-state index contributed by atoms with van der Waals surface area (Å²) in [5, 5.41) is 0. The number of carbonyl (C=O) groups is 1. The highest BCUT2D eigenvalue weighted by molar-refractivity contribution is 5.76. The standard InChI is InChI=1S/C15H19FN2O/c1-2-7-18(14-5-6-14)15(19)17-9-11-3-4-13(16)8-12(11)10-17/h3-4,8,14H,2,5-7,9-10H2,1H3. The third-order valence-corrected chi connectivity index (χ3v) is 3.86. The number of hydrogen-bond donors (Lipinski definition) is 0. The molecule has 1 fully saturated rings. The second-order valence-corrected chi connectivity index (χ2v) is 5.48. The van der Waals surface area contributed by atoms with Crippen molar-refractivity contribution in [1.29, 1.82) is 0 Å². The van der Waals surface area contributed by atoms with Gasteiger partial charge in [-0.2, -0.15) is 0 Å². The lowest BCUT2D eigenvalue weighted by molar-refractivity contribution is 0.149. The number of benzene rings is 1. The molecule has 3 nitrogen and oxygen atoms in total. The van der Waals surface area contributed by atoms with Crippen LogP contribution in [0.25, 0.3) is 0 Å². The molecule has 1 aliphatic carbocycles. The van der Waals surface area contributed by atoms with Crippen molar-refractivity contribution < 1.29 is 9.18 Å². The lowest BCUT2D eigenvalue weighted by atomic mass is 10.1. The third kappa shape index (κ3) is 2.44. The highest BCUT2D eigenvalue weighted by Crippen LogP contribution is 2.30. The first kappa shape index (κ1) is 12.5. The molecule has 0 bridgehead atoms. The first-order valence-corrected chi connectivity index (χ1v) is 7.02. The summed E-state index contributed by atoms with van der Waals surface area (Å²) in [7, 11) is 0. The van der Waals surface area contributed by atoms with Crippen molar-refractivity contribution in [3.05, 3.63) is 35.1 Å². The van der Waals surface area contributed by atoms with E-state index in [0.29, 0.717) is 19.1 Å². The summed E-state index contributed by atoms with van der Waals surface area (Å²) in [4.78, 5) is 16.3. The van der Waals surface area contributed by atoms with E-state index >= 15 is 0 Å². The van der Waals surface area contributed by atoms with Crippen LogP contribution in [0.4, 0.5) is 9.18 Å². The molecule has 0 saturated heterocycles. The van der Waals surface area contributed by atoms with Gasteiger partial charge in [-0.05, 0) is 42.5 Å². The van der Waals surface area contributed by atoms with E-state index in [2.05, 4.69) is 6.92 Å². The van der Waals surface area contributed by atoms with E-state index in [-0.39, 0.29) is 11.8 Å². The van der Waals surface area contributed by atoms with Gasteiger partial charge in [0.1, 0.15) is 5.82 Å². The van der Waals surface area contributed by atoms with Crippen LogP contribution in [0.1, 0.15) is 37.3 Å². The SMILES string of the molecule is CCCN(C(=O)N1Cc2ccc(F)cc2C1)C1CC1. The number of rotatable bonds is 3. The number of fused-ring (bicyclic) bond motifs is 1. The van der Waals surface area contributed by atoms with Gasteiger partial charge >= 0.3 is 6.03 Å². The van der Waals surface area contributed by atoms with Gasteiger partial charge in [-0.1, -0.05) is 13.0 Å². The molecule has 0 atom stereocenters. The van der Waals surface area contributed by atoms with Crippen LogP contribution in [0, 0.1) is 5.82 Å². The number of nitrogens with zero attached hydrogens (tertiary/aromatic N) is 2. The minimum atomic E-state index is -0.222. The Morgan fingerprint density at radius 3 is 2.79 bits per heavy atom. The quantitative estimate of drug-likeness (QED) is 0.821. The molecule has 0 spiro atoms. The van der Waals surface area contributed by atoms with Crippen molar-refractivity contribution in [2.24, 2.45) is 0 Å². The Labute approximate surface area is 113 Å². The molecule has 0 N–H and O–H groups in total. The lowest BCUT2D eigenvalue weighted by Crippen LogP contribution is -2.42. The van der Waals surface area contributed by atoms with Gasteiger partial charge in [0.05, 0.1) is 0 Å². The van der Waals surface area contributed by atoms with Gasteiger partial charge in [-0.15, -0.1) is 0 Å². The highest BCUT2D eigenvalue weighted by atomic mass is 19.1. The Balaban J connectivity index is 1.72. The summed E-state index contributed by atoms with van der Waals surface area (Å²) >= 11 is 0. The predicted molar refractivity (Wildman–Crippen MR) is 71.1 cm³/mol. The van der Waals surface area contributed by atoms with E-state index in [1.165, 1.54) is 6.07 Å². The Morgan fingerprint density at radius 1 is 1.37 bits per heavy atom. The minimum Gasteiger partial charge on any atom is -0.322 e. The third-order valence-electron chi connectivity index (χ3n) is 3.86. The van der Waals surface area contributed by atoms with Crippen LogP contribution in [0.3, 0.4) is 0 Å². The van der Waals surface area contributed by atoms with Crippen molar-refractivity contribution in [2.75, 3.05) is 6.54 Å². The van der Waals surface area contributed by atoms with E-state index in [1.807, 2.05) is 9.80 Å². The van der Waals surface area contributed by atoms with Gasteiger partial charge in [0.2, 0.25) is 0 Å². The monoisotopic (exact) mass is 262 g/mol. The summed E-state index contributed by atoms with van der Waals surface area (Å²) in [5.74, 6) is -0.222. The molecule has 0 unspecified atom stereocenters. The van der Waals surface area contributed by atoms with Crippen LogP contribution in [-0.2, 0) is 13.1 Å². The van der Waals surface area contributed by atoms with Crippen molar-refractivity contribution in [1.82, 2.24) is 9.80 Å². The topological polar surface area (TPSA) is 23.6 Å². The zero-order valence-corrected chi connectivity index (χ0v) is 11.2. The lowest BCUT2D eigenvalue weighted by Gasteiger charge is -2.27. The first-order valence-electron chi connectivity index (χ1n) is 7.02. The van der Waals surface area contributed by atoms with Crippen LogP contribution in [0.2, 0.25) is 0 Å². The van der Waals surface area contributed by atoms with E-state index in [9.17, 15) is 9.18 Å². The Bertz CT molecular complexity index is 499. The van der Waals surface area contributed by atoms with Gasteiger partial charge in [0, 0.05) is 25.7 Å². The average Bonchev–Trinajstić information content (AvgIpc) is 3.14. The summed E-state index contributed by atoms with van der Waals surface area (Å²) in [5.41, 5.74) is 2.02. The first-order chi connectivity index (χ1) is 9.19. The highest BCUT2D eigenvalue weighted by Gasteiger charge is 2.35. The second-order valence-electron chi connectivity index (χ2n) is 5.48. The molecule has 2 amide bonds. The Kier molecular flexibility index (Phi) is 3.17. The fourth-order valence-corrected chi connectivity index (χ4v) is 2.74. The summed E-state index contributed by atoms with van der Waals surface area (Å²) in [6, 6.07) is 5.36. The molecule has 1 saturated carbocycles. The smallest absolute Gasteiger partial charge is 0.320 e. The fourth-order valence-electron chi connectivity index (χ4n) is 2.74. The number of hydrogen-bond acceptors (Lipinski definition) is 1. The van der Waals surface area contributed by atoms with Gasteiger partial charge < -0.3 is 9.80 Å². The molecule has 0 radical (unpaired) electrons. The molecule has 102 valence electrons. The fraction of sp³-hybridized carbons (Fsp3) is 0.533. The van der Waals surface area contributed by atoms with Crippen LogP contribution in [0.15, 0.2) is 18.2 Å². The van der Waals surface area contributed by atoms with Crippen LogP contribution in [-0.4, -0.2) is 28.4 Å². The molecule has 19 heavy (non-hydrogen) atoms. The van der Waals surface area contributed by atoms with Crippen molar-refractivity contribution in [3.63, 3.8) is 0 Å². The Hall–Kier alpha value is -1.58. The van der Waals surface area contributed by atoms with E-state index in [0.717, 1.165) is 36.9 Å². The number of amides is 2. The van der Waals surface area contributed by atoms with Crippen molar-refractivity contribution in [2.45, 2.75) is 45.3 Å². The minimum absolute atomic E-state index is 0.112. The molecule has 1 heterocycles. The molecule has 0 aromatic heterocycles. The van der Waals surface area contributed by atoms with Gasteiger partial charge in [0.25, 0.3) is 0 Å². The zero-order valence-electron chi connectivity index (χ0n) is 11.2. The van der Waals surface area contributed by atoms with E-state index in [1.54, 1.807) is 12.1 Å². The molecule has 1 aliphatic heterocycles. The molecule has 1 aromatic rings. The van der Waals surface area contributed by atoms with Crippen LogP contribution < -0.4 is 0 Å². The number of carbonyl (C=O) groups excluding carboxylic acids is 1. The molecule has 3 rings (SSSR count). The van der Waals surface area contributed by atoms with Gasteiger partial charge in [-0.25, -0.2) is 9.18 Å². The normalized spacial score (nSPS) is 17.5. The van der Waals surface area contributed by atoms with E-state index < -0.39 is 0 Å². The summed E-state index contributed by atoms with van der Waals surface area (Å²) < 4.78 is 13.2. The predicted octanol–water partition coefficient (Wildman–Crippen LogP) is 3.14. The zero-order chi connectivity index (χ0) is 13.4. The largest absolute Gasteiger partial charge is 0.322 e. The Morgan fingerprint density at radius 2 is 2.11 bits per heavy atom. The van der Waals surface area contributed by atoms with Gasteiger partial charge in [0.15, 0.2) is 0 Å². The second kappa shape index (κ2) is 4.83. The van der Waals surface area contributed by atoms with Crippen molar-refractivity contribution >= 4 is 6.03 Å². The van der Waals surface area contributed by atoms with Gasteiger partial charge in [-0.3, -0.25) is 0 Å². The van der Waals surface area contributed by atoms with Crippen LogP contribution in [0.5, 0.6) is 0 Å². The molecular formula is C15H19FN2O. The number of halogens is 1. The maximum absolute atomic E-state index is 13.2. The molecule has 4 heteroatoms. The average molecular weight is 262 g/mol.